The van der Waals surface area contributed by atoms with E-state index in [2.05, 4.69) is 33.9 Å². The van der Waals surface area contributed by atoms with Gasteiger partial charge in [0.1, 0.15) is 24.7 Å². The number of hydrogen-bond donors (Lipinski definition) is 0. The monoisotopic (exact) mass is 977 g/mol. The molecule has 2 atom stereocenters. The van der Waals surface area contributed by atoms with Crippen molar-refractivity contribution in [2.45, 2.75) is 259 Å². The number of rotatable bonds is 49. The van der Waals surface area contributed by atoms with Crippen LogP contribution in [-0.2, 0) is 35.0 Å². The van der Waals surface area contributed by atoms with E-state index in [1.807, 2.05) is 30.3 Å². The van der Waals surface area contributed by atoms with E-state index in [0.29, 0.717) is 42.3 Å². The van der Waals surface area contributed by atoms with Gasteiger partial charge in [0.25, 0.3) is 0 Å². The van der Waals surface area contributed by atoms with Crippen LogP contribution in [0.5, 0.6) is 11.5 Å². The highest BCUT2D eigenvalue weighted by atomic mass is 16.6. The molecule has 0 bridgehead atoms. The third-order valence-corrected chi connectivity index (χ3v) is 13.4. The van der Waals surface area contributed by atoms with E-state index in [1.165, 1.54) is 180 Å². The summed E-state index contributed by atoms with van der Waals surface area (Å²) in [7, 11) is 0. The summed E-state index contributed by atoms with van der Waals surface area (Å²) in [6, 6.07) is 9.95. The lowest BCUT2D eigenvalue weighted by molar-refractivity contribution is -0.150. The molecule has 0 spiro atoms. The van der Waals surface area contributed by atoms with E-state index < -0.39 is 24.1 Å². The Balaban J connectivity index is 1.81. The molecule has 8 heteroatoms. The summed E-state index contributed by atoms with van der Waals surface area (Å²) in [6.45, 7) is 19.5. The fourth-order valence-electron chi connectivity index (χ4n) is 8.95. The zero-order valence-electron chi connectivity index (χ0n) is 45.8. The maximum absolute atomic E-state index is 12.7. The van der Waals surface area contributed by atoms with Crippen LogP contribution in [0.3, 0.4) is 0 Å². The van der Waals surface area contributed by atoms with Gasteiger partial charge in [-0.15, -0.1) is 0 Å². The van der Waals surface area contributed by atoms with Crippen molar-refractivity contribution in [2.75, 3.05) is 39.6 Å². The summed E-state index contributed by atoms with van der Waals surface area (Å²) >= 11 is 0. The number of ether oxygens (including phenoxy) is 6. The quantitative estimate of drug-likeness (QED) is 0.0368. The van der Waals surface area contributed by atoms with E-state index in [1.54, 1.807) is 13.8 Å². The smallest absolute Gasteiger partial charge is 0.333 e. The molecule has 0 radical (unpaired) electrons. The predicted octanol–water partition coefficient (Wildman–Crippen LogP) is 17.7. The number of unbranched alkanes of at least 4 members (excludes halogenated alkanes) is 30. The van der Waals surface area contributed by atoms with Crippen molar-refractivity contribution < 1.29 is 38.0 Å². The van der Waals surface area contributed by atoms with E-state index >= 15 is 0 Å². The van der Waals surface area contributed by atoms with Gasteiger partial charge in [0.2, 0.25) is 0 Å². The number of fused-ring (bicyclic) bond motifs is 1. The largest absolute Gasteiger partial charge is 0.489 e. The van der Waals surface area contributed by atoms with Crippen LogP contribution in [-0.4, -0.2) is 63.8 Å². The number of carbonyl (C=O) groups is 2. The second-order valence-corrected chi connectivity index (χ2v) is 20.3. The molecule has 0 amide bonds. The molecule has 0 aromatic heterocycles. The van der Waals surface area contributed by atoms with Crippen LogP contribution in [0.2, 0.25) is 0 Å². The Labute approximate surface area is 429 Å². The molecule has 0 fully saturated rings. The molecule has 2 unspecified atom stereocenters. The van der Waals surface area contributed by atoms with Crippen LogP contribution in [0.4, 0.5) is 0 Å². The van der Waals surface area contributed by atoms with E-state index in [4.69, 9.17) is 28.4 Å². The molecule has 0 saturated heterocycles. The molecular weight excluding hydrogens is 873 g/mol. The van der Waals surface area contributed by atoms with Crippen molar-refractivity contribution in [2.24, 2.45) is 0 Å². The van der Waals surface area contributed by atoms with Gasteiger partial charge < -0.3 is 28.4 Å². The Morgan fingerprint density at radius 1 is 0.443 bits per heavy atom. The average molecular weight is 978 g/mol. The number of esters is 2. The van der Waals surface area contributed by atoms with Gasteiger partial charge in [-0.1, -0.05) is 251 Å². The molecule has 8 nitrogen and oxygen atoms in total. The summed E-state index contributed by atoms with van der Waals surface area (Å²) in [5, 5.41) is 1.75. The average Bonchev–Trinajstić information content (AvgIpc) is 3.36. The van der Waals surface area contributed by atoms with Gasteiger partial charge in [0, 0.05) is 35.1 Å². The van der Waals surface area contributed by atoms with Crippen LogP contribution in [0.1, 0.15) is 246 Å². The maximum Gasteiger partial charge on any atom is 0.333 e. The lowest BCUT2D eigenvalue weighted by Crippen LogP contribution is -2.31. The molecule has 0 N–H and O–H groups in total. The number of aryl methyl sites for hydroxylation is 1. The minimum atomic E-state index is -0.604. The Bertz CT molecular complexity index is 1640. The van der Waals surface area contributed by atoms with Crippen LogP contribution in [0.15, 0.2) is 54.6 Å². The normalized spacial score (nSPS) is 12.2. The third kappa shape index (κ3) is 31.2. The van der Waals surface area contributed by atoms with Crippen LogP contribution in [0.25, 0.3) is 10.8 Å². The van der Waals surface area contributed by atoms with Gasteiger partial charge in [-0.2, -0.15) is 0 Å². The van der Waals surface area contributed by atoms with Gasteiger partial charge in [-0.25, -0.2) is 9.59 Å². The molecule has 2 aromatic rings. The third-order valence-electron chi connectivity index (χ3n) is 13.4. The SMILES string of the molecule is C=C(C)C(=O)OC(COCCCCCCCCCCCCCCCCCC)COc1cc(CC)c(OCC(COCCCCCCCCCCCCCCCCCC)OC(=O)C(=C)C)c2ccccc12. The van der Waals surface area contributed by atoms with E-state index in [9.17, 15) is 9.59 Å². The summed E-state index contributed by atoms with van der Waals surface area (Å²) < 4.78 is 36.7. The summed E-state index contributed by atoms with van der Waals surface area (Å²) in [5.74, 6) is 0.464. The highest BCUT2D eigenvalue weighted by molar-refractivity contribution is 5.94. The zero-order chi connectivity index (χ0) is 50.7. The number of hydrogen-bond acceptors (Lipinski definition) is 8. The second kappa shape index (κ2) is 43.2. The Kier molecular flexibility index (Phi) is 38.8. The Morgan fingerprint density at radius 2 is 0.771 bits per heavy atom. The van der Waals surface area contributed by atoms with E-state index in [0.717, 1.165) is 42.0 Å². The predicted molar refractivity (Wildman–Crippen MR) is 294 cm³/mol. The standard InChI is InChI=1S/C62H104O8/c1-8-11-13-15-17-19-21-23-25-27-29-31-33-35-37-41-45-65-48-55(69-61(63)52(4)5)50-67-59-47-54(10-3)60(58-44-40-39-43-57(58)59)68-51-56(70-62(64)53(6)7)49-66-46-42-38-36-34-32-30-28-26-24-22-20-18-16-14-12-9-2/h39-40,43-44,47,55-56H,4,6,8-38,41-42,45-46,48-51H2,1-3,5,7H3. The number of carbonyl (C=O) groups excluding carboxylic acids is 2. The first-order valence-corrected chi connectivity index (χ1v) is 28.9. The topological polar surface area (TPSA) is 89.5 Å². The molecule has 0 aliphatic rings. The molecule has 0 heterocycles. The van der Waals surface area contributed by atoms with Gasteiger partial charge in [0.05, 0.1) is 13.2 Å². The van der Waals surface area contributed by atoms with Crippen molar-refractivity contribution in [1.82, 2.24) is 0 Å². The van der Waals surface area contributed by atoms with Crippen molar-refractivity contribution in [1.29, 1.82) is 0 Å². The molecular formula is C62H104O8. The van der Waals surface area contributed by atoms with Crippen LogP contribution >= 0.6 is 0 Å². The molecule has 0 saturated carbocycles. The van der Waals surface area contributed by atoms with Crippen molar-refractivity contribution in [3.8, 4) is 11.5 Å². The first-order valence-electron chi connectivity index (χ1n) is 28.9. The first-order chi connectivity index (χ1) is 34.2. The molecule has 2 rings (SSSR count). The zero-order valence-corrected chi connectivity index (χ0v) is 45.8. The Hall–Kier alpha value is -3.36. The van der Waals surface area contributed by atoms with Crippen molar-refractivity contribution in [3.63, 3.8) is 0 Å². The second-order valence-electron chi connectivity index (χ2n) is 20.3. The molecule has 0 aliphatic heterocycles. The van der Waals surface area contributed by atoms with Crippen LogP contribution in [0, 0.1) is 0 Å². The van der Waals surface area contributed by atoms with Gasteiger partial charge in [0.15, 0.2) is 12.2 Å². The summed E-state index contributed by atoms with van der Waals surface area (Å²) in [5.41, 5.74) is 1.62. The van der Waals surface area contributed by atoms with Crippen molar-refractivity contribution in [3.05, 3.63) is 60.2 Å². The van der Waals surface area contributed by atoms with Crippen LogP contribution < -0.4 is 9.47 Å². The van der Waals surface area contributed by atoms with Gasteiger partial charge in [-0.3, -0.25) is 0 Å². The van der Waals surface area contributed by atoms with Gasteiger partial charge >= 0.3 is 11.9 Å². The molecule has 0 aliphatic carbocycles. The molecule has 2 aromatic carbocycles. The lowest BCUT2D eigenvalue weighted by atomic mass is 10.0. The van der Waals surface area contributed by atoms with Gasteiger partial charge in [-0.05, 0) is 44.7 Å². The molecule has 70 heavy (non-hydrogen) atoms. The fourth-order valence-corrected chi connectivity index (χ4v) is 8.95. The minimum absolute atomic E-state index is 0.126. The fraction of sp³-hybridized carbons (Fsp3) is 0.742. The lowest BCUT2D eigenvalue weighted by Gasteiger charge is -2.23. The summed E-state index contributed by atoms with van der Waals surface area (Å²) in [4.78, 5) is 25.4. The molecule has 400 valence electrons. The van der Waals surface area contributed by atoms with Crippen molar-refractivity contribution >= 4 is 22.7 Å². The maximum atomic E-state index is 12.7. The highest BCUT2D eigenvalue weighted by Gasteiger charge is 2.22. The Morgan fingerprint density at radius 3 is 1.11 bits per heavy atom. The van der Waals surface area contributed by atoms with E-state index in [-0.39, 0.29) is 26.4 Å². The summed E-state index contributed by atoms with van der Waals surface area (Å²) in [6.07, 6.45) is 41.8. The first kappa shape index (κ1) is 62.8. The minimum Gasteiger partial charge on any atom is -0.489 e. The number of benzene rings is 2. The highest BCUT2D eigenvalue weighted by Crippen LogP contribution is 2.37.